The number of rotatable bonds is 7. The molecule has 8 nitrogen and oxygen atoms in total. The summed E-state index contributed by atoms with van der Waals surface area (Å²) in [5, 5.41) is 7.83. The van der Waals surface area contributed by atoms with Gasteiger partial charge in [0.2, 0.25) is 5.91 Å². The summed E-state index contributed by atoms with van der Waals surface area (Å²) in [6.45, 7) is 7.36. The standard InChI is InChI=1S/C22H27N3O5/c1-5-29-16-12-10-15(11-13-16)20(27)25-18-9-7-6-8-17(18)24-19(26)14-23-21(28)30-22(2,3)4/h6-13H,5,14H2,1-4H3,(H,23,28)(H,24,26)(H,25,27). The molecule has 2 rings (SSSR count). The average molecular weight is 413 g/mol. The molecule has 0 bridgehead atoms. The van der Waals surface area contributed by atoms with E-state index >= 15 is 0 Å². The van der Waals surface area contributed by atoms with E-state index < -0.39 is 17.6 Å². The van der Waals surface area contributed by atoms with Gasteiger partial charge < -0.3 is 25.4 Å². The molecule has 0 saturated heterocycles. The molecule has 0 heterocycles. The number of hydrogen-bond donors (Lipinski definition) is 3. The third-order valence-corrected chi connectivity index (χ3v) is 3.67. The molecule has 0 aliphatic carbocycles. The maximum Gasteiger partial charge on any atom is 0.408 e. The van der Waals surface area contributed by atoms with Crippen molar-refractivity contribution in [2.24, 2.45) is 0 Å². The summed E-state index contributed by atoms with van der Waals surface area (Å²) in [6, 6.07) is 13.5. The summed E-state index contributed by atoms with van der Waals surface area (Å²) in [5.41, 5.74) is 0.638. The van der Waals surface area contributed by atoms with Gasteiger partial charge in [0.1, 0.15) is 17.9 Å². The molecule has 0 aliphatic rings. The largest absolute Gasteiger partial charge is 0.494 e. The van der Waals surface area contributed by atoms with Crippen LogP contribution in [0.25, 0.3) is 0 Å². The Kier molecular flexibility index (Phi) is 7.80. The SMILES string of the molecule is CCOc1ccc(C(=O)Nc2ccccc2NC(=O)CNC(=O)OC(C)(C)C)cc1. The van der Waals surface area contributed by atoms with Gasteiger partial charge in [0, 0.05) is 5.56 Å². The van der Waals surface area contributed by atoms with Crippen LogP contribution in [-0.4, -0.2) is 36.7 Å². The zero-order valence-corrected chi connectivity index (χ0v) is 17.6. The van der Waals surface area contributed by atoms with Crippen molar-refractivity contribution >= 4 is 29.3 Å². The van der Waals surface area contributed by atoms with Gasteiger partial charge in [-0.3, -0.25) is 9.59 Å². The van der Waals surface area contributed by atoms with Crippen LogP contribution < -0.4 is 20.7 Å². The van der Waals surface area contributed by atoms with Crippen LogP contribution in [0.4, 0.5) is 16.2 Å². The Morgan fingerprint density at radius 3 is 2.07 bits per heavy atom. The zero-order valence-electron chi connectivity index (χ0n) is 17.6. The van der Waals surface area contributed by atoms with Gasteiger partial charge >= 0.3 is 6.09 Å². The fourth-order valence-electron chi connectivity index (χ4n) is 2.43. The van der Waals surface area contributed by atoms with E-state index in [1.54, 1.807) is 69.3 Å². The summed E-state index contributed by atoms with van der Waals surface area (Å²) >= 11 is 0. The highest BCUT2D eigenvalue weighted by Gasteiger charge is 2.17. The lowest BCUT2D eigenvalue weighted by Gasteiger charge is -2.19. The Hall–Kier alpha value is -3.55. The number of hydrogen-bond acceptors (Lipinski definition) is 5. The molecule has 0 aromatic heterocycles. The maximum absolute atomic E-state index is 12.5. The van der Waals surface area contributed by atoms with E-state index in [4.69, 9.17) is 9.47 Å². The second-order valence-corrected chi connectivity index (χ2v) is 7.36. The summed E-state index contributed by atoms with van der Waals surface area (Å²) in [5.74, 6) is -0.102. The van der Waals surface area contributed by atoms with Crippen LogP contribution in [-0.2, 0) is 9.53 Å². The number of alkyl carbamates (subject to hydrolysis) is 1. The lowest BCUT2D eigenvalue weighted by molar-refractivity contribution is -0.115. The topological polar surface area (TPSA) is 106 Å². The van der Waals surface area contributed by atoms with Crippen molar-refractivity contribution in [3.8, 4) is 5.75 Å². The van der Waals surface area contributed by atoms with Gasteiger partial charge in [-0.2, -0.15) is 0 Å². The predicted octanol–water partition coefficient (Wildman–Crippen LogP) is 3.80. The van der Waals surface area contributed by atoms with Crippen LogP contribution in [0, 0.1) is 0 Å². The van der Waals surface area contributed by atoms with Crippen molar-refractivity contribution in [2.75, 3.05) is 23.8 Å². The molecule has 0 atom stereocenters. The first-order valence-electron chi connectivity index (χ1n) is 9.58. The quantitative estimate of drug-likeness (QED) is 0.640. The van der Waals surface area contributed by atoms with Gasteiger partial charge in [-0.25, -0.2) is 4.79 Å². The van der Waals surface area contributed by atoms with Crippen molar-refractivity contribution in [2.45, 2.75) is 33.3 Å². The van der Waals surface area contributed by atoms with Crippen LogP contribution in [0.2, 0.25) is 0 Å². The number of nitrogens with one attached hydrogen (secondary N) is 3. The number of benzene rings is 2. The Morgan fingerprint density at radius 1 is 0.900 bits per heavy atom. The number of para-hydroxylation sites is 2. The highest BCUT2D eigenvalue weighted by atomic mass is 16.6. The lowest BCUT2D eigenvalue weighted by Crippen LogP contribution is -2.37. The van der Waals surface area contributed by atoms with E-state index in [9.17, 15) is 14.4 Å². The van der Waals surface area contributed by atoms with E-state index in [0.29, 0.717) is 29.3 Å². The molecule has 2 aromatic rings. The first kappa shape index (κ1) is 22.7. The second-order valence-electron chi connectivity index (χ2n) is 7.36. The third kappa shape index (κ3) is 7.46. The van der Waals surface area contributed by atoms with Crippen LogP contribution in [0.5, 0.6) is 5.75 Å². The molecule has 0 radical (unpaired) electrons. The van der Waals surface area contributed by atoms with E-state index in [0.717, 1.165) is 0 Å². The fourth-order valence-corrected chi connectivity index (χ4v) is 2.43. The molecule has 30 heavy (non-hydrogen) atoms. The number of carbonyl (C=O) groups is 3. The smallest absolute Gasteiger partial charge is 0.408 e. The maximum atomic E-state index is 12.5. The van der Waals surface area contributed by atoms with E-state index in [2.05, 4.69) is 16.0 Å². The highest BCUT2D eigenvalue weighted by molar-refractivity contribution is 6.07. The molecule has 0 unspecified atom stereocenters. The molecule has 3 amide bonds. The minimum absolute atomic E-state index is 0.268. The monoisotopic (exact) mass is 413 g/mol. The molecule has 0 fully saturated rings. The van der Waals surface area contributed by atoms with Crippen LogP contribution >= 0.6 is 0 Å². The molecule has 2 aromatic carbocycles. The van der Waals surface area contributed by atoms with Crippen molar-refractivity contribution in [1.82, 2.24) is 5.32 Å². The minimum Gasteiger partial charge on any atom is -0.494 e. The number of ether oxygens (including phenoxy) is 2. The Balaban J connectivity index is 1.97. The summed E-state index contributed by atoms with van der Waals surface area (Å²) < 4.78 is 10.5. The first-order valence-corrected chi connectivity index (χ1v) is 9.58. The number of anilines is 2. The van der Waals surface area contributed by atoms with E-state index in [-0.39, 0.29) is 12.5 Å². The van der Waals surface area contributed by atoms with Crippen LogP contribution in [0.1, 0.15) is 38.1 Å². The highest BCUT2D eigenvalue weighted by Crippen LogP contribution is 2.22. The van der Waals surface area contributed by atoms with Gasteiger partial charge in [0.15, 0.2) is 0 Å². The number of amides is 3. The predicted molar refractivity (Wildman–Crippen MR) is 115 cm³/mol. The molecular formula is C22H27N3O5. The van der Waals surface area contributed by atoms with E-state index in [1.165, 1.54) is 0 Å². The molecule has 0 spiro atoms. The summed E-state index contributed by atoms with van der Waals surface area (Å²) in [7, 11) is 0. The Labute approximate surface area is 175 Å². The third-order valence-electron chi connectivity index (χ3n) is 3.67. The second kappa shape index (κ2) is 10.3. The summed E-state index contributed by atoms with van der Waals surface area (Å²) in [4.78, 5) is 36.4. The average Bonchev–Trinajstić information content (AvgIpc) is 2.67. The molecule has 8 heteroatoms. The van der Waals surface area contributed by atoms with Gasteiger partial charge in [0.05, 0.1) is 18.0 Å². The van der Waals surface area contributed by atoms with Gasteiger partial charge in [-0.15, -0.1) is 0 Å². The fraction of sp³-hybridized carbons (Fsp3) is 0.318. The van der Waals surface area contributed by atoms with Crippen LogP contribution in [0.15, 0.2) is 48.5 Å². The zero-order chi connectivity index (χ0) is 22.1. The Morgan fingerprint density at radius 2 is 1.50 bits per heavy atom. The van der Waals surface area contributed by atoms with Crippen molar-refractivity contribution in [1.29, 1.82) is 0 Å². The van der Waals surface area contributed by atoms with Gasteiger partial charge in [-0.05, 0) is 64.1 Å². The van der Waals surface area contributed by atoms with Gasteiger partial charge in [-0.1, -0.05) is 12.1 Å². The van der Waals surface area contributed by atoms with Crippen molar-refractivity contribution in [3.63, 3.8) is 0 Å². The van der Waals surface area contributed by atoms with Crippen LogP contribution in [0.3, 0.4) is 0 Å². The lowest BCUT2D eigenvalue weighted by atomic mass is 10.2. The molecule has 160 valence electrons. The van der Waals surface area contributed by atoms with E-state index in [1.807, 2.05) is 6.92 Å². The Bertz CT molecular complexity index is 888. The number of carbonyl (C=O) groups excluding carboxylic acids is 3. The van der Waals surface area contributed by atoms with Crippen molar-refractivity contribution in [3.05, 3.63) is 54.1 Å². The van der Waals surface area contributed by atoms with Gasteiger partial charge in [0.25, 0.3) is 5.91 Å². The van der Waals surface area contributed by atoms with Crippen molar-refractivity contribution < 1.29 is 23.9 Å². The summed E-state index contributed by atoms with van der Waals surface area (Å²) in [6.07, 6.45) is -0.685. The molecule has 0 saturated carbocycles. The molecular weight excluding hydrogens is 386 g/mol. The molecule has 0 aliphatic heterocycles. The first-order chi connectivity index (χ1) is 14.2. The molecule has 3 N–H and O–H groups in total. The normalized spacial score (nSPS) is 10.7. The minimum atomic E-state index is -0.685.